The van der Waals surface area contributed by atoms with Crippen molar-refractivity contribution < 1.29 is 4.74 Å². The minimum absolute atomic E-state index is 0.392. The fraction of sp³-hybridized carbons (Fsp3) is 0.440. The third-order valence-corrected chi connectivity index (χ3v) is 7.42. The number of pyridine rings is 1. The van der Waals surface area contributed by atoms with Gasteiger partial charge in [0.25, 0.3) is 0 Å². The molecule has 1 aliphatic heterocycles. The normalized spacial score (nSPS) is 23.3. The van der Waals surface area contributed by atoms with E-state index in [1.54, 1.807) is 18.0 Å². The lowest BCUT2D eigenvalue weighted by molar-refractivity contribution is 0.416. The molecule has 0 amide bonds. The molecule has 0 spiro atoms. The first kappa shape index (κ1) is 18.9. The van der Waals surface area contributed by atoms with Crippen LogP contribution < -0.4 is 10.1 Å². The Hall–Kier alpha value is -2.86. The molecule has 4 aromatic rings. The van der Waals surface area contributed by atoms with Crippen LogP contribution in [0.15, 0.2) is 36.8 Å². The summed E-state index contributed by atoms with van der Waals surface area (Å²) in [6.07, 6.45) is 6.23. The van der Waals surface area contributed by atoms with Crippen LogP contribution in [0.5, 0.6) is 5.75 Å². The number of rotatable bonds is 4. The number of methoxy groups -OCH3 is 1. The zero-order valence-corrected chi connectivity index (χ0v) is 18.4. The van der Waals surface area contributed by atoms with Crippen molar-refractivity contribution in [1.82, 2.24) is 24.9 Å². The SMILES string of the molecule is COc1cc(-c2[nH]c3ccc(C4CC5CNCC5C4)cc3c2C(C)C)cn2ncnc12. The summed E-state index contributed by atoms with van der Waals surface area (Å²) in [4.78, 5) is 8.02. The van der Waals surface area contributed by atoms with Crippen LogP contribution in [-0.4, -0.2) is 39.8 Å². The van der Waals surface area contributed by atoms with Crippen molar-refractivity contribution >= 4 is 16.6 Å². The van der Waals surface area contributed by atoms with Crippen molar-refractivity contribution in [2.45, 2.75) is 38.5 Å². The van der Waals surface area contributed by atoms with E-state index in [9.17, 15) is 0 Å². The van der Waals surface area contributed by atoms with Gasteiger partial charge in [0.15, 0.2) is 11.4 Å². The molecule has 6 heteroatoms. The molecule has 2 atom stereocenters. The molecule has 3 aromatic heterocycles. The molecule has 2 unspecified atom stereocenters. The van der Waals surface area contributed by atoms with Crippen LogP contribution in [-0.2, 0) is 0 Å². The average molecular weight is 416 g/mol. The van der Waals surface area contributed by atoms with E-state index in [2.05, 4.69) is 58.5 Å². The van der Waals surface area contributed by atoms with Gasteiger partial charge in [-0.2, -0.15) is 5.10 Å². The minimum Gasteiger partial charge on any atom is -0.493 e. The van der Waals surface area contributed by atoms with Gasteiger partial charge in [0.05, 0.1) is 12.8 Å². The number of benzene rings is 1. The van der Waals surface area contributed by atoms with Crippen LogP contribution >= 0.6 is 0 Å². The highest BCUT2D eigenvalue weighted by molar-refractivity contribution is 5.92. The summed E-state index contributed by atoms with van der Waals surface area (Å²) in [5.74, 6) is 3.52. The monoisotopic (exact) mass is 415 g/mol. The smallest absolute Gasteiger partial charge is 0.197 e. The van der Waals surface area contributed by atoms with Gasteiger partial charge in [-0.05, 0) is 78.9 Å². The molecule has 6 nitrogen and oxygen atoms in total. The summed E-state index contributed by atoms with van der Waals surface area (Å²) in [5, 5.41) is 9.25. The Balaban J connectivity index is 1.47. The minimum atomic E-state index is 0.392. The topological polar surface area (TPSA) is 67.2 Å². The summed E-state index contributed by atoms with van der Waals surface area (Å²) in [6, 6.07) is 9.13. The molecule has 2 N–H and O–H groups in total. The molecule has 2 fully saturated rings. The number of aromatic amines is 1. The fourth-order valence-electron chi connectivity index (χ4n) is 5.93. The lowest BCUT2D eigenvalue weighted by atomic mass is 9.91. The van der Waals surface area contributed by atoms with Gasteiger partial charge in [-0.1, -0.05) is 19.9 Å². The first-order valence-corrected chi connectivity index (χ1v) is 11.4. The standard InChI is InChI=1S/C25H29N5O/c1-14(2)23-20-8-15(16-6-17-10-26-11-18(17)7-16)4-5-21(20)29-24(23)19-9-22(31-3)25-27-13-28-30(25)12-19/h4-5,8-9,12-14,16-18,26,29H,6-7,10-11H2,1-3H3. The highest BCUT2D eigenvalue weighted by Gasteiger charge is 2.37. The van der Waals surface area contributed by atoms with Crippen molar-refractivity contribution in [2.24, 2.45) is 11.8 Å². The Morgan fingerprint density at radius 3 is 2.68 bits per heavy atom. The highest BCUT2D eigenvalue weighted by Crippen LogP contribution is 2.45. The van der Waals surface area contributed by atoms with Crippen molar-refractivity contribution in [2.75, 3.05) is 20.2 Å². The van der Waals surface area contributed by atoms with E-state index in [0.29, 0.717) is 11.8 Å². The molecule has 1 saturated carbocycles. The van der Waals surface area contributed by atoms with Crippen LogP contribution in [0.3, 0.4) is 0 Å². The third kappa shape index (κ3) is 2.96. The molecule has 1 saturated heterocycles. The lowest BCUT2D eigenvalue weighted by Crippen LogP contribution is -2.11. The summed E-state index contributed by atoms with van der Waals surface area (Å²) in [7, 11) is 1.68. The number of H-pyrrole nitrogens is 1. The Labute approximate surface area is 182 Å². The van der Waals surface area contributed by atoms with E-state index in [4.69, 9.17) is 4.74 Å². The van der Waals surface area contributed by atoms with Crippen LogP contribution in [0.1, 0.15) is 49.7 Å². The van der Waals surface area contributed by atoms with E-state index in [1.165, 1.54) is 48.0 Å². The first-order chi connectivity index (χ1) is 15.1. The Kier molecular flexibility index (Phi) is 4.32. The molecular weight excluding hydrogens is 386 g/mol. The van der Waals surface area contributed by atoms with Crippen LogP contribution in [0.25, 0.3) is 27.8 Å². The zero-order chi connectivity index (χ0) is 21.1. The van der Waals surface area contributed by atoms with Gasteiger partial charge in [0, 0.05) is 22.7 Å². The number of ether oxygens (including phenoxy) is 1. The quantitative estimate of drug-likeness (QED) is 0.506. The third-order valence-electron chi connectivity index (χ3n) is 7.42. The number of nitrogens with one attached hydrogen (secondary N) is 2. The predicted octanol–water partition coefficient (Wildman–Crippen LogP) is 4.72. The Morgan fingerprint density at radius 1 is 1.13 bits per heavy atom. The molecule has 31 heavy (non-hydrogen) atoms. The van der Waals surface area contributed by atoms with Crippen LogP contribution in [0, 0.1) is 11.8 Å². The molecule has 2 aliphatic rings. The van der Waals surface area contributed by atoms with Gasteiger partial charge in [-0.3, -0.25) is 0 Å². The van der Waals surface area contributed by atoms with E-state index in [0.717, 1.165) is 34.5 Å². The van der Waals surface area contributed by atoms with Gasteiger partial charge in [-0.15, -0.1) is 0 Å². The van der Waals surface area contributed by atoms with E-state index in [-0.39, 0.29) is 0 Å². The molecule has 1 aromatic carbocycles. The lowest BCUT2D eigenvalue weighted by Gasteiger charge is -2.13. The summed E-state index contributed by atoms with van der Waals surface area (Å²) in [5.41, 5.74) is 7.00. The number of aromatic nitrogens is 4. The Morgan fingerprint density at radius 2 is 1.94 bits per heavy atom. The van der Waals surface area contributed by atoms with Crippen molar-refractivity contribution in [1.29, 1.82) is 0 Å². The second-order valence-electron chi connectivity index (χ2n) is 9.55. The zero-order valence-electron chi connectivity index (χ0n) is 18.4. The highest BCUT2D eigenvalue weighted by atomic mass is 16.5. The second kappa shape index (κ2) is 7.09. The summed E-state index contributed by atoms with van der Waals surface area (Å²) in [6.45, 7) is 6.94. The molecule has 0 bridgehead atoms. The van der Waals surface area contributed by atoms with Crippen molar-refractivity contribution in [3.8, 4) is 17.0 Å². The number of nitrogens with zero attached hydrogens (tertiary/aromatic N) is 3. The molecule has 6 rings (SSSR count). The maximum atomic E-state index is 5.60. The summed E-state index contributed by atoms with van der Waals surface area (Å²) >= 11 is 0. The average Bonchev–Trinajstić information content (AvgIpc) is 3.53. The summed E-state index contributed by atoms with van der Waals surface area (Å²) < 4.78 is 7.40. The van der Waals surface area contributed by atoms with Crippen LogP contribution in [0.4, 0.5) is 0 Å². The van der Waals surface area contributed by atoms with Gasteiger partial charge >= 0.3 is 0 Å². The number of hydrogen-bond donors (Lipinski definition) is 2. The number of fused-ring (bicyclic) bond motifs is 3. The maximum Gasteiger partial charge on any atom is 0.197 e. The van der Waals surface area contributed by atoms with E-state index in [1.807, 2.05) is 6.20 Å². The maximum absolute atomic E-state index is 5.60. The van der Waals surface area contributed by atoms with Gasteiger partial charge in [0.1, 0.15) is 6.33 Å². The van der Waals surface area contributed by atoms with E-state index < -0.39 is 0 Å². The van der Waals surface area contributed by atoms with Crippen molar-refractivity contribution in [3.05, 3.63) is 47.9 Å². The van der Waals surface area contributed by atoms with Crippen LogP contribution in [0.2, 0.25) is 0 Å². The largest absolute Gasteiger partial charge is 0.493 e. The second-order valence-corrected chi connectivity index (χ2v) is 9.55. The number of hydrogen-bond acceptors (Lipinski definition) is 4. The predicted molar refractivity (Wildman–Crippen MR) is 123 cm³/mol. The molecule has 1 aliphatic carbocycles. The van der Waals surface area contributed by atoms with E-state index >= 15 is 0 Å². The molecule has 4 heterocycles. The van der Waals surface area contributed by atoms with Gasteiger partial charge in [-0.25, -0.2) is 9.50 Å². The molecule has 160 valence electrons. The first-order valence-electron chi connectivity index (χ1n) is 11.4. The van der Waals surface area contributed by atoms with Gasteiger partial charge in [0.2, 0.25) is 0 Å². The Bertz CT molecular complexity index is 1260. The fourth-order valence-corrected chi connectivity index (χ4v) is 5.93. The van der Waals surface area contributed by atoms with Gasteiger partial charge < -0.3 is 15.0 Å². The molecule has 0 radical (unpaired) electrons. The van der Waals surface area contributed by atoms with Crippen molar-refractivity contribution in [3.63, 3.8) is 0 Å². The molecular formula is C25H29N5O.